The molecule has 2 saturated carbocycles. The minimum Gasteiger partial charge on any atom is -0.306 e. The summed E-state index contributed by atoms with van der Waals surface area (Å²) in [7, 11) is 4.49. The maximum absolute atomic E-state index is 2.44. The Labute approximate surface area is 88.9 Å². The Morgan fingerprint density at radius 1 is 0.857 bits per heavy atom. The van der Waals surface area contributed by atoms with Crippen LogP contribution in [0.25, 0.3) is 0 Å². The second kappa shape index (κ2) is 4.22. The largest absolute Gasteiger partial charge is 0.306 e. The van der Waals surface area contributed by atoms with Gasteiger partial charge in [0.05, 0.1) is 0 Å². The lowest BCUT2D eigenvalue weighted by atomic mass is 9.66. The first kappa shape index (κ1) is 10.5. The zero-order valence-corrected chi connectivity index (χ0v) is 10.00. The summed E-state index contributed by atoms with van der Waals surface area (Å²) in [5.41, 5.74) is 0. The minimum absolute atomic E-state index is 0.879. The lowest BCUT2D eigenvalue weighted by Gasteiger charge is -2.43. The van der Waals surface area contributed by atoms with Crippen LogP contribution in [-0.2, 0) is 0 Å². The van der Waals surface area contributed by atoms with E-state index in [1.54, 1.807) is 0 Å². The number of rotatable bonds is 1. The normalized spacial score (nSPS) is 43.7. The van der Waals surface area contributed by atoms with E-state index in [0.29, 0.717) is 0 Å². The first-order valence-electron chi connectivity index (χ1n) is 6.33. The summed E-state index contributed by atoms with van der Waals surface area (Å²) < 4.78 is 0. The fourth-order valence-electron chi connectivity index (χ4n) is 3.57. The van der Waals surface area contributed by atoms with Gasteiger partial charge in [-0.15, -0.1) is 0 Å². The van der Waals surface area contributed by atoms with Crippen molar-refractivity contribution in [2.24, 2.45) is 17.8 Å². The fourth-order valence-corrected chi connectivity index (χ4v) is 3.57. The van der Waals surface area contributed by atoms with Gasteiger partial charge in [0, 0.05) is 6.04 Å². The third-order valence-electron chi connectivity index (χ3n) is 4.58. The summed E-state index contributed by atoms with van der Waals surface area (Å²) in [4.78, 5) is 2.44. The highest BCUT2D eigenvalue weighted by atomic mass is 15.1. The summed E-state index contributed by atoms with van der Waals surface area (Å²) in [5.74, 6) is 3.15. The quantitative estimate of drug-likeness (QED) is 0.621. The van der Waals surface area contributed by atoms with Gasteiger partial charge in [-0.1, -0.05) is 13.3 Å². The first-order valence-corrected chi connectivity index (χ1v) is 6.33. The topological polar surface area (TPSA) is 3.24 Å². The molecule has 4 atom stereocenters. The highest BCUT2D eigenvalue weighted by Crippen LogP contribution is 2.43. The van der Waals surface area contributed by atoms with E-state index in [9.17, 15) is 0 Å². The van der Waals surface area contributed by atoms with E-state index in [1.165, 1.54) is 38.5 Å². The standard InChI is InChI=1S/C13H25N/c1-10-4-5-12-9-13(14(2)3)7-6-11(12)8-10/h10-13H,4-9H2,1-3H3. The third kappa shape index (κ3) is 2.13. The molecule has 0 saturated heterocycles. The van der Waals surface area contributed by atoms with Crippen molar-refractivity contribution in [3.63, 3.8) is 0 Å². The molecule has 0 aliphatic heterocycles. The lowest BCUT2D eigenvalue weighted by molar-refractivity contribution is 0.0823. The average molecular weight is 195 g/mol. The molecule has 0 aromatic carbocycles. The van der Waals surface area contributed by atoms with Crippen LogP contribution in [0.15, 0.2) is 0 Å². The van der Waals surface area contributed by atoms with E-state index in [2.05, 4.69) is 25.9 Å². The Balaban J connectivity index is 1.91. The van der Waals surface area contributed by atoms with E-state index in [-0.39, 0.29) is 0 Å². The number of hydrogen-bond acceptors (Lipinski definition) is 1. The van der Waals surface area contributed by atoms with Crippen molar-refractivity contribution < 1.29 is 0 Å². The zero-order chi connectivity index (χ0) is 10.1. The van der Waals surface area contributed by atoms with Gasteiger partial charge in [-0.2, -0.15) is 0 Å². The molecule has 82 valence electrons. The monoisotopic (exact) mass is 195 g/mol. The third-order valence-corrected chi connectivity index (χ3v) is 4.58. The van der Waals surface area contributed by atoms with Crippen LogP contribution >= 0.6 is 0 Å². The molecule has 0 N–H and O–H groups in total. The molecular formula is C13H25N. The molecular weight excluding hydrogens is 170 g/mol. The first-order chi connectivity index (χ1) is 6.66. The van der Waals surface area contributed by atoms with E-state index in [0.717, 1.165) is 23.8 Å². The SMILES string of the molecule is CC1CCC2CC(N(C)C)CCC2C1. The van der Waals surface area contributed by atoms with Crippen molar-refractivity contribution in [1.29, 1.82) is 0 Å². The average Bonchev–Trinajstić information content (AvgIpc) is 2.16. The molecule has 2 rings (SSSR count). The minimum atomic E-state index is 0.879. The molecule has 4 unspecified atom stereocenters. The summed E-state index contributed by atoms with van der Waals surface area (Å²) in [5, 5.41) is 0. The van der Waals surface area contributed by atoms with Crippen LogP contribution in [0.1, 0.15) is 45.4 Å². The molecule has 0 amide bonds. The van der Waals surface area contributed by atoms with Gasteiger partial charge in [-0.25, -0.2) is 0 Å². The Hall–Kier alpha value is -0.0400. The predicted molar refractivity (Wildman–Crippen MR) is 61.3 cm³/mol. The van der Waals surface area contributed by atoms with Gasteiger partial charge in [0.2, 0.25) is 0 Å². The molecule has 0 radical (unpaired) electrons. The molecule has 14 heavy (non-hydrogen) atoms. The van der Waals surface area contributed by atoms with E-state index in [1.807, 2.05) is 0 Å². The van der Waals surface area contributed by atoms with Crippen LogP contribution in [0.3, 0.4) is 0 Å². The second-order valence-corrected chi connectivity index (χ2v) is 5.87. The Morgan fingerprint density at radius 3 is 2.21 bits per heavy atom. The summed E-state index contributed by atoms with van der Waals surface area (Å²) in [6.45, 7) is 2.44. The maximum atomic E-state index is 2.44. The molecule has 0 heterocycles. The van der Waals surface area contributed by atoms with Crippen LogP contribution in [0.5, 0.6) is 0 Å². The van der Waals surface area contributed by atoms with Crippen molar-refractivity contribution in [3.05, 3.63) is 0 Å². The molecule has 0 aromatic heterocycles. The number of hydrogen-bond donors (Lipinski definition) is 0. The smallest absolute Gasteiger partial charge is 0.00920 e. The summed E-state index contributed by atoms with van der Waals surface area (Å²) >= 11 is 0. The van der Waals surface area contributed by atoms with E-state index < -0.39 is 0 Å². The summed E-state index contributed by atoms with van der Waals surface area (Å²) in [6, 6.07) is 0.879. The van der Waals surface area contributed by atoms with Crippen LogP contribution in [0.2, 0.25) is 0 Å². The second-order valence-electron chi connectivity index (χ2n) is 5.87. The number of nitrogens with zero attached hydrogens (tertiary/aromatic N) is 1. The van der Waals surface area contributed by atoms with Crippen LogP contribution < -0.4 is 0 Å². The zero-order valence-electron chi connectivity index (χ0n) is 10.00. The van der Waals surface area contributed by atoms with Crippen molar-refractivity contribution >= 4 is 0 Å². The fraction of sp³-hybridized carbons (Fsp3) is 1.00. The number of fused-ring (bicyclic) bond motifs is 1. The molecule has 2 aliphatic carbocycles. The van der Waals surface area contributed by atoms with Gasteiger partial charge in [-0.3, -0.25) is 0 Å². The van der Waals surface area contributed by atoms with Gasteiger partial charge < -0.3 is 4.90 Å². The Morgan fingerprint density at radius 2 is 1.50 bits per heavy atom. The molecule has 0 aromatic rings. The highest BCUT2D eigenvalue weighted by molar-refractivity contribution is 4.87. The van der Waals surface area contributed by atoms with Gasteiger partial charge >= 0.3 is 0 Å². The van der Waals surface area contributed by atoms with Gasteiger partial charge in [-0.05, 0) is 64.0 Å². The highest BCUT2D eigenvalue weighted by Gasteiger charge is 2.34. The van der Waals surface area contributed by atoms with Crippen molar-refractivity contribution in [1.82, 2.24) is 4.90 Å². The van der Waals surface area contributed by atoms with Crippen molar-refractivity contribution in [2.45, 2.75) is 51.5 Å². The van der Waals surface area contributed by atoms with Gasteiger partial charge in [0.15, 0.2) is 0 Å². The maximum Gasteiger partial charge on any atom is 0.00920 e. The summed E-state index contributed by atoms with van der Waals surface area (Å²) in [6.07, 6.45) is 8.94. The molecule has 0 spiro atoms. The molecule has 0 bridgehead atoms. The van der Waals surface area contributed by atoms with E-state index in [4.69, 9.17) is 0 Å². The Kier molecular flexibility index (Phi) is 3.16. The Bertz CT molecular complexity index is 188. The molecule has 1 heteroatoms. The van der Waals surface area contributed by atoms with Crippen LogP contribution in [-0.4, -0.2) is 25.0 Å². The predicted octanol–water partition coefficient (Wildman–Crippen LogP) is 3.15. The molecule has 2 fully saturated rings. The van der Waals surface area contributed by atoms with Crippen molar-refractivity contribution in [3.8, 4) is 0 Å². The van der Waals surface area contributed by atoms with Crippen LogP contribution in [0.4, 0.5) is 0 Å². The lowest BCUT2D eigenvalue weighted by Crippen LogP contribution is -2.39. The van der Waals surface area contributed by atoms with Gasteiger partial charge in [0.25, 0.3) is 0 Å². The van der Waals surface area contributed by atoms with Crippen LogP contribution in [0, 0.1) is 17.8 Å². The van der Waals surface area contributed by atoms with Gasteiger partial charge in [0.1, 0.15) is 0 Å². The molecule has 2 aliphatic rings. The van der Waals surface area contributed by atoms with Crippen molar-refractivity contribution in [2.75, 3.05) is 14.1 Å². The molecule has 1 nitrogen and oxygen atoms in total. The van der Waals surface area contributed by atoms with E-state index >= 15 is 0 Å².